The lowest BCUT2D eigenvalue weighted by Gasteiger charge is -2.16. The van der Waals surface area contributed by atoms with Crippen molar-refractivity contribution >= 4 is 5.69 Å². The Hall–Kier alpha value is -1.90. The molecule has 2 aromatic carbocycles. The number of nitrogens with one attached hydrogen (secondary N) is 1. The van der Waals surface area contributed by atoms with E-state index in [-0.39, 0.29) is 17.7 Å². The predicted octanol–water partition coefficient (Wildman–Crippen LogP) is 4.45. The number of aryl methyl sites for hydroxylation is 1. The van der Waals surface area contributed by atoms with Gasteiger partial charge in [0.2, 0.25) is 0 Å². The zero-order valence-electron chi connectivity index (χ0n) is 10.4. The van der Waals surface area contributed by atoms with Crippen LogP contribution in [0.4, 0.5) is 14.5 Å². The number of rotatable bonds is 3. The highest BCUT2D eigenvalue weighted by molar-refractivity contribution is 5.48. The highest BCUT2D eigenvalue weighted by Gasteiger charge is 2.08. The van der Waals surface area contributed by atoms with Gasteiger partial charge in [-0.2, -0.15) is 0 Å². The molecule has 0 aliphatic carbocycles. The normalized spacial score (nSPS) is 12.2. The number of halogens is 2. The first kappa shape index (κ1) is 12.6. The third kappa shape index (κ3) is 2.86. The van der Waals surface area contributed by atoms with Crippen molar-refractivity contribution in [1.29, 1.82) is 0 Å². The Bertz CT molecular complexity index is 535. The minimum absolute atomic E-state index is 0.0807. The van der Waals surface area contributed by atoms with E-state index in [4.69, 9.17) is 0 Å². The first-order valence-electron chi connectivity index (χ1n) is 5.84. The summed E-state index contributed by atoms with van der Waals surface area (Å²) >= 11 is 0. The van der Waals surface area contributed by atoms with Gasteiger partial charge < -0.3 is 5.32 Å². The van der Waals surface area contributed by atoms with E-state index in [1.807, 2.05) is 19.9 Å². The van der Waals surface area contributed by atoms with Crippen LogP contribution < -0.4 is 5.32 Å². The van der Waals surface area contributed by atoms with E-state index < -0.39 is 0 Å². The third-order valence-electron chi connectivity index (χ3n) is 2.87. The lowest BCUT2D eigenvalue weighted by molar-refractivity contribution is 0.623. The molecule has 0 bridgehead atoms. The Balaban J connectivity index is 2.15. The van der Waals surface area contributed by atoms with Gasteiger partial charge in [0.05, 0.1) is 5.69 Å². The first-order valence-corrected chi connectivity index (χ1v) is 5.84. The minimum atomic E-state index is -0.274. The van der Waals surface area contributed by atoms with E-state index in [1.54, 1.807) is 18.2 Å². The van der Waals surface area contributed by atoms with Crippen LogP contribution in [0.2, 0.25) is 0 Å². The molecule has 3 heteroatoms. The second kappa shape index (κ2) is 5.17. The molecule has 0 aromatic heterocycles. The first-order chi connectivity index (χ1) is 8.56. The average Bonchev–Trinajstić information content (AvgIpc) is 2.33. The van der Waals surface area contributed by atoms with Crippen LogP contribution in [0.25, 0.3) is 0 Å². The quantitative estimate of drug-likeness (QED) is 0.845. The van der Waals surface area contributed by atoms with E-state index >= 15 is 0 Å². The molecule has 0 heterocycles. The summed E-state index contributed by atoms with van der Waals surface area (Å²) in [4.78, 5) is 0. The van der Waals surface area contributed by atoms with Crippen molar-refractivity contribution < 1.29 is 8.78 Å². The summed E-state index contributed by atoms with van der Waals surface area (Å²) in [6, 6.07) is 11.2. The molecular formula is C15H15F2N. The van der Waals surface area contributed by atoms with Crippen molar-refractivity contribution in [2.75, 3.05) is 5.32 Å². The molecule has 0 saturated heterocycles. The van der Waals surface area contributed by atoms with Gasteiger partial charge in [0.25, 0.3) is 0 Å². The van der Waals surface area contributed by atoms with Gasteiger partial charge in [-0.05, 0) is 49.2 Å². The highest BCUT2D eigenvalue weighted by atomic mass is 19.1. The van der Waals surface area contributed by atoms with Crippen LogP contribution in [0.15, 0.2) is 42.5 Å². The van der Waals surface area contributed by atoms with Gasteiger partial charge in [-0.1, -0.05) is 18.2 Å². The Morgan fingerprint density at radius 1 is 1.00 bits per heavy atom. The van der Waals surface area contributed by atoms with E-state index in [0.29, 0.717) is 5.69 Å². The molecule has 1 nitrogen and oxygen atoms in total. The van der Waals surface area contributed by atoms with Crippen LogP contribution in [0, 0.1) is 18.6 Å². The Labute approximate surface area is 105 Å². The van der Waals surface area contributed by atoms with E-state index in [2.05, 4.69) is 5.32 Å². The van der Waals surface area contributed by atoms with E-state index in [0.717, 1.165) is 11.1 Å². The molecule has 0 saturated carbocycles. The van der Waals surface area contributed by atoms with Gasteiger partial charge >= 0.3 is 0 Å². The molecule has 0 amide bonds. The van der Waals surface area contributed by atoms with Crippen molar-refractivity contribution in [2.45, 2.75) is 19.9 Å². The van der Waals surface area contributed by atoms with Crippen LogP contribution in [-0.2, 0) is 0 Å². The molecule has 0 fully saturated rings. The molecular weight excluding hydrogens is 232 g/mol. The highest BCUT2D eigenvalue weighted by Crippen LogP contribution is 2.22. The Morgan fingerprint density at radius 2 is 1.67 bits per heavy atom. The van der Waals surface area contributed by atoms with Crippen molar-refractivity contribution in [3.8, 4) is 0 Å². The summed E-state index contributed by atoms with van der Waals surface area (Å²) in [6.45, 7) is 3.75. The fourth-order valence-corrected chi connectivity index (χ4v) is 1.81. The second-order valence-electron chi connectivity index (χ2n) is 4.40. The lowest BCUT2D eigenvalue weighted by Crippen LogP contribution is -2.08. The Morgan fingerprint density at radius 3 is 2.28 bits per heavy atom. The summed E-state index contributed by atoms with van der Waals surface area (Å²) in [6.07, 6.45) is 0. The second-order valence-corrected chi connectivity index (χ2v) is 4.40. The maximum atomic E-state index is 13.7. The van der Waals surface area contributed by atoms with Crippen molar-refractivity contribution in [2.24, 2.45) is 0 Å². The molecule has 0 aliphatic rings. The van der Waals surface area contributed by atoms with Gasteiger partial charge in [-0.25, -0.2) is 8.78 Å². The molecule has 0 aliphatic heterocycles. The fourth-order valence-electron chi connectivity index (χ4n) is 1.81. The SMILES string of the molecule is Cc1ccc(NC(C)c2ccc(F)cc2)c(F)c1. The van der Waals surface area contributed by atoms with Gasteiger partial charge in [0, 0.05) is 6.04 Å². The van der Waals surface area contributed by atoms with Crippen LogP contribution in [0.3, 0.4) is 0 Å². The summed E-state index contributed by atoms with van der Waals surface area (Å²) in [5.41, 5.74) is 2.25. The molecule has 0 spiro atoms. The minimum Gasteiger partial charge on any atom is -0.376 e. The van der Waals surface area contributed by atoms with Gasteiger partial charge in [0.15, 0.2) is 0 Å². The van der Waals surface area contributed by atoms with Crippen molar-refractivity contribution in [3.63, 3.8) is 0 Å². The molecule has 2 aromatic rings. The Kier molecular flexibility index (Phi) is 3.60. The molecule has 0 radical (unpaired) electrons. The van der Waals surface area contributed by atoms with Gasteiger partial charge in [-0.3, -0.25) is 0 Å². The number of anilines is 1. The topological polar surface area (TPSA) is 12.0 Å². The maximum absolute atomic E-state index is 13.7. The maximum Gasteiger partial charge on any atom is 0.146 e. The van der Waals surface area contributed by atoms with Gasteiger partial charge in [0.1, 0.15) is 11.6 Å². The summed E-state index contributed by atoms with van der Waals surface area (Å²) in [5, 5.41) is 3.08. The van der Waals surface area contributed by atoms with Crippen LogP contribution in [0.5, 0.6) is 0 Å². The van der Waals surface area contributed by atoms with E-state index in [1.165, 1.54) is 18.2 Å². The molecule has 94 valence electrons. The molecule has 2 rings (SSSR count). The van der Waals surface area contributed by atoms with Gasteiger partial charge in [-0.15, -0.1) is 0 Å². The predicted molar refractivity (Wildman–Crippen MR) is 69.6 cm³/mol. The number of hydrogen-bond acceptors (Lipinski definition) is 1. The zero-order chi connectivity index (χ0) is 13.1. The summed E-state index contributed by atoms with van der Waals surface area (Å²) < 4.78 is 26.5. The van der Waals surface area contributed by atoms with E-state index in [9.17, 15) is 8.78 Å². The zero-order valence-corrected chi connectivity index (χ0v) is 10.4. The largest absolute Gasteiger partial charge is 0.376 e. The monoisotopic (exact) mass is 247 g/mol. The standard InChI is InChI=1S/C15H15F2N/c1-10-3-8-15(14(17)9-10)18-11(2)12-4-6-13(16)7-5-12/h3-9,11,18H,1-2H3. The summed E-state index contributed by atoms with van der Waals surface area (Å²) in [5.74, 6) is -0.545. The molecule has 18 heavy (non-hydrogen) atoms. The van der Waals surface area contributed by atoms with Crippen molar-refractivity contribution in [1.82, 2.24) is 0 Å². The third-order valence-corrected chi connectivity index (χ3v) is 2.87. The fraction of sp³-hybridized carbons (Fsp3) is 0.200. The number of benzene rings is 2. The molecule has 1 N–H and O–H groups in total. The average molecular weight is 247 g/mol. The van der Waals surface area contributed by atoms with Crippen LogP contribution in [0.1, 0.15) is 24.1 Å². The molecule has 1 unspecified atom stereocenters. The smallest absolute Gasteiger partial charge is 0.146 e. The van der Waals surface area contributed by atoms with Crippen LogP contribution in [-0.4, -0.2) is 0 Å². The summed E-state index contributed by atoms with van der Waals surface area (Å²) in [7, 11) is 0. The van der Waals surface area contributed by atoms with Crippen molar-refractivity contribution in [3.05, 3.63) is 65.2 Å². The molecule has 1 atom stereocenters. The lowest BCUT2D eigenvalue weighted by atomic mass is 10.1. The van der Waals surface area contributed by atoms with Crippen LogP contribution >= 0.6 is 0 Å². The number of hydrogen-bond donors (Lipinski definition) is 1.